The third-order valence-electron chi connectivity index (χ3n) is 5.60. The fraction of sp³-hybridized carbons (Fsp3) is 0.391. The van der Waals surface area contributed by atoms with Gasteiger partial charge in [-0.1, -0.05) is 48.9 Å². The highest BCUT2D eigenvalue weighted by Gasteiger charge is 2.32. The Kier molecular flexibility index (Phi) is 8.68. The number of benzene rings is 2. The summed E-state index contributed by atoms with van der Waals surface area (Å²) >= 11 is 0. The maximum atomic E-state index is 12.8. The SMILES string of the molecule is Cc1cccc(NC(=O)[C@@H]2CCC[C@@H]2CN)c1C(=O)NCCc1ccccc1.Cl. The standard InChI is InChI=1S/C23H29N3O2.ClH/c1-16-7-5-12-20(26-22(27)19-11-6-10-18(19)15-24)21(16)23(28)25-14-13-17-8-3-2-4-9-17;/h2-5,7-9,12,18-19H,6,10-11,13-15,24H2,1H3,(H,25,28)(H,26,27);1H/t18-,19-;/m1./s1. The van der Waals surface area contributed by atoms with Gasteiger partial charge >= 0.3 is 0 Å². The van der Waals surface area contributed by atoms with Gasteiger partial charge in [-0.2, -0.15) is 0 Å². The summed E-state index contributed by atoms with van der Waals surface area (Å²) in [6, 6.07) is 15.6. The van der Waals surface area contributed by atoms with Gasteiger partial charge in [-0.3, -0.25) is 9.59 Å². The van der Waals surface area contributed by atoms with Gasteiger partial charge in [0.2, 0.25) is 5.91 Å². The van der Waals surface area contributed by atoms with E-state index in [0.29, 0.717) is 24.3 Å². The van der Waals surface area contributed by atoms with Gasteiger partial charge in [-0.25, -0.2) is 0 Å². The summed E-state index contributed by atoms with van der Waals surface area (Å²) in [5, 5.41) is 5.97. The van der Waals surface area contributed by atoms with Gasteiger partial charge in [0.25, 0.3) is 5.91 Å². The quantitative estimate of drug-likeness (QED) is 0.644. The van der Waals surface area contributed by atoms with Gasteiger partial charge in [0.1, 0.15) is 0 Å². The molecule has 5 nitrogen and oxygen atoms in total. The number of amides is 2. The minimum absolute atomic E-state index is 0. The number of nitrogens with two attached hydrogens (primary N) is 1. The van der Waals surface area contributed by atoms with Crippen LogP contribution in [0.15, 0.2) is 48.5 Å². The molecule has 156 valence electrons. The number of nitrogens with one attached hydrogen (secondary N) is 2. The molecule has 0 aromatic heterocycles. The summed E-state index contributed by atoms with van der Waals surface area (Å²) in [5.74, 6) is -0.0320. The highest BCUT2D eigenvalue weighted by Crippen LogP contribution is 2.32. The van der Waals surface area contributed by atoms with E-state index in [1.807, 2.05) is 49.4 Å². The molecular weight excluding hydrogens is 386 g/mol. The van der Waals surface area contributed by atoms with Crippen LogP contribution in [0.25, 0.3) is 0 Å². The smallest absolute Gasteiger partial charge is 0.253 e. The maximum Gasteiger partial charge on any atom is 0.253 e. The Bertz CT molecular complexity index is 826. The molecule has 0 radical (unpaired) electrons. The van der Waals surface area contributed by atoms with Gasteiger partial charge in [0, 0.05) is 12.5 Å². The van der Waals surface area contributed by atoms with Gasteiger partial charge < -0.3 is 16.4 Å². The van der Waals surface area contributed by atoms with Crippen molar-refractivity contribution in [2.75, 3.05) is 18.4 Å². The van der Waals surface area contributed by atoms with E-state index in [9.17, 15) is 9.59 Å². The van der Waals surface area contributed by atoms with Crippen LogP contribution in [0.4, 0.5) is 5.69 Å². The Morgan fingerprint density at radius 3 is 2.55 bits per heavy atom. The van der Waals surface area contributed by atoms with Crippen LogP contribution < -0.4 is 16.4 Å². The highest BCUT2D eigenvalue weighted by molar-refractivity contribution is 6.05. The van der Waals surface area contributed by atoms with Crippen molar-refractivity contribution in [3.05, 3.63) is 65.2 Å². The second-order valence-corrected chi connectivity index (χ2v) is 7.51. The fourth-order valence-corrected chi connectivity index (χ4v) is 4.02. The third kappa shape index (κ3) is 5.81. The molecule has 4 N–H and O–H groups in total. The van der Waals surface area contributed by atoms with Crippen molar-refractivity contribution in [2.45, 2.75) is 32.6 Å². The van der Waals surface area contributed by atoms with E-state index < -0.39 is 0 Å². The van der Waals surface area contributed by atoms with Crippen LogP contribution in [0.2, 0.25) is 0 Å². The van der Waals surface area contributed by atoms with Crippen LogP contribution in [0.3, 0.4) is 0 Å². The molecule has 29 heavy (non-hydrogen) atoms. The van der Waals surface area contributed by atoms with Crippen LogP contribution >= 0.6 is 12.4 Å². The lowest BCUT2D eigenvalue weighted by Crippen LogP contribution is -2.32. The van der Waals surface area contributed by atoms with Crippen molar-refractivity contribution in [1.29, 1.82) is 0 Å². The molecule has 0 heterocycles. The molecule has 1 aliphatic rings. The molecular formula is C23H30ClN3O2. The molecule has 0 aliphatic heterocycles. The summed E-state index contributed by atoms with van der Waals surface area (Å²) in [6.07, 6.45) is 3.65. The molecule has 0 bridgehead atoms. The van der Waals surface area contributed by atoms with Crippen molar-refractivity contribution < 1.29 is 9.59 Å². The lowest BCUT2D eigenvalue weighted by atomic mass is 9.95. The van der Waals surface area contributed by atoms with E-state index in [1.165, 1.54) is 5.56 Å². The zero-order valence-corrected chi connectivity index (χ0v) is 17.6. The Morgan fingerprint density at radius 1 is 1.07 bits per heavy atom. The van der Waals surface area contributed by atoms with Gasteiger partial charge in [-0.05, 0) is 55.8 Å². The summed E-state index contributed by atoms with van der Waals surface area (Å²) in [4.78, 5) is 25.6. The van der Waals surface area contributed by atoms with Gasteiger partial charge in [0.15, 0.2) is 0 Å². The van der Waals surface area contributed by atoms with E-state index in [4.69, 9.17) is 5.73 Å². The van der Waals surface area contributed by atoms with Gasteiger partial charge in [-0.15, -0.1) is 12.4 Å². The second-order valence-electron chi connectivity index (χ2n) is 7.51. The topological polar surface area (TPSA) is 84.2 Å². The normalized spacial score (nSPS) is 18.0. The maximum absolute atomic E-state index is 12.8. The highest BCUT2D eigenvalue weighted by atomic mass is 35.5. The van der Waals surface area contributed by atoms with Crippen LogP contribution in [0.5, 0.6) is 0 Å². The minimum Gasteiger partial charge on any atom is -0.352 e. The van der Waals surface area contributed by atoms with Crippen LogP contribution in [-0.2, 0) is 11.2 Å². The molecule has 1 saturated carbocycles. The van der Waals surface area contributed by atoms with E-state index in [0.717, 1.165) is 31.2 Å². The van der Waals surface area contributed by atoms with E-state index >= 15 is 0 Å². The molecule has 3 rings (SSSR count). The van der Waals surface area contributed by atoms with Crippen molar-refractivity contribution in [1.82, 2.24) is 5.32 Å². The van der Waals surface area contributed by atoms with Crippen molar-refractivity contribution in [3.63, 3.8) is 0 Å². The monoisotopic (exact) mass is 415 g/mol. The van der Waals surface area contributed by atoms with E-state index in [-0.39, 0.29) is 36.1 Å². The summed E-state index contributed by atoms with van der Waals surface area (Å²) < 4.78 is 0. The first-order valence-electron chi connectivity index (χ1n) is 10.0. The number of aryl methyl sites for hydroxylation is 1. The molecule has 0 spiro atoms. The molecule has 0 unspecified atom stereocenters. The van der Waals surface area contributed by atoms with Crippen molar-refractivity contribution >= 4 is 29.9 Å². The molecule has 2 aromatic rings. The third-order valence-corrected chi connectivity index (χ3v) is 5.60. The summed E-state index contributed by atoms with van der Waals surface area (Å²) in [5.41, 5.74) is 8.94. The van der Waals surface area contributed by atoms with E-state index in [1.54, 1.807) is 6.07 Å². The average Bonchev–Trinajstić information content (AvgIpc) is 3.18. The van der Waals surface area contributed by atoms with Crippen LogP contribution in [-0.4, -0.2) is 24.9 Å². The average molecular weight is 416 g/mol. The zero-order chi connectivity index (χ0) is 19.9. The molecule has 1 fully saturated rings. The number of carbonyl (C=O) groups excluding carboxylic acids is 2. The number of carbonyl (C=O) groups is 2. The van der Waals surface area contributed by atoms with Crippen molar-refractivity contribution in [3.8, 4) is 0 Å². The molecule has 2 amide bonds. The number of rotatable bonds is 7. The molecule has 2 atom stereocenters. The summed E-state index contributed by atoms with van der Waals surface area (Å²) in [7, 11) is 0. The first-order chi connectivity index (χ1) is 13.6. The predicted molar refractivity (Wildman–Crippen MR) is 119 cm³/mol. The molecule has 0 saturated heterocycles. The first-order valence-corrected chi connectivity index (χ1v) is 10.0. The minimum atomic E-state index is -0.161. The van der Waals surface area contributed by atoms with E-state index in [2.05, 4.69) is 10.6 Å². The summed E-state index contributed by atoms with van der Waals surface area (Å²) in [6.45, 7) is 2.96. The number of halogens is 1. The molecule has 6 heteroatoms. The number of hydrogen-bond donors (Lipinski definition) is 3. The Balaban J connectivity index is 0.00000300. The van der Waals surface area contributed by atoms with Crippen LogP contribution in [0.1, 0.15) is 40.7 Å². The molecule has 2 aromatic carbocycles. The fourth-order valence-electron chi connectivity index (χ4n) is 4.02. The van der Waals surface area contributed by atoms with Gasteiger partial charge in [0.05, 0.1) is 11.3 Å². The first kappa shape index (κ1) is 22.9. The largest absolute Gasteiger partial charge is 0.352 e. The number of anilines is 1. The van der Waals surface area contributed by atoms with Crippen molar-refractivity contribution in [2.24, 2.45) is 17.6 Å². The number of hydrogen-bond acceptors (Lipinski definition) is 3. The Hall–Kier alpha value is -2.37. The lowest BCUT2D eigenvalue weighted by Gasteiger charge is -2.19. The zero-order valence-electron chi connectivity index (χ0n) is 16.8. The second kappa shape index (κ2) is 11.0. The molecule has 1 aliphatic carbocycles. The Labute approximate surface area is 178 Å². The Morgan fingerprint density at radius 2 is 1.83 bits per heavy atom. The van der Waals surface area contributed by atoms with Crippen LogP contribution in [0, 0.1) is 18.8 Å². The lowest BCUT2D eigenvalue weighted by molar-refractivity contribution is -0.120. The predicted octanol–water partition coefficient (Wildman–Crippen LogP) is 3.70.